The number of rotatable bonds is 3. The van der Waals surface area contributed by atoms with Gasteiger partial charge in [0.2, 0.25) is 5.82 Å². The normalized spacial score (nSPS) is 11.3. The van der Waals surface area contributed by atoms with Gasteiger partial charge in [-0.2, -0.15) is 13.2 Å². The molecule has 21 heavy (non-hydrogen) atoms. The van der Waals surface area contributed by atoms with Crippen LogP contribution in [0.3, 0.4) is 0 Å². The van der Waals surface area contributed by atoms with E-state index in [0.29, 0.717) is 15.2 Å². The average Bonchev–Trinajstić information content (AvgIpc) is 2.42. The number of alkyl halides is 3. The fraction of sp³-hybridized carbons (Fsp3) is 0.0909. The van der Waals surface area contributed by atoms with E-state index in [0.717, 1.165) is 0 Å². The molecule has 0 saturated carbocycles. The highest BCUT2D eigenvalue weighted by atomic mass is 79.9. The topological polar surface area (TPSA) is 75.9 Å². The molecular formula is C11H8BrClF3N5. The fourth-order valence-electron chi connectivity index (χ4n) is 1.45. The molecule has 0 aliphatic rings. The molecule has 0 aliphatic heterocycles. The number of benzene rings is 1. The zero-order valence-corrected chi connectivity index (χ0v) is 12.5. The Morgan fingerprint density at radius 3 is 2.48 bits per heavy atom. The molecule has 0 fully saturated rings. The molecule has 1 heterocycles. The number of aromatic nitrogens is 2. The summed E-state index contributed by atoms with van der Waals surface area (Å²) in [6, 6.07) is 6.14. The molecule has 112 valence electrons. The Kier molecular flexibility index (Phi) is 4.55. The van der Waals surface area contributed by atoms with Crippen LogP contribution < -0.4 is 16.6 Å². The van der Waals surface area contributed by atoms with Gasteiger partial charge in [-0.15, -0.1) is 0 Å². The van der Waals surface area contributed by atoms with Gasteiger partial charge in [-0.3, -0.25) is 0 Å². The Morgan fingerprint density at radius 2 is 1.86 bits per heavy atom. The lowest BCUT2D eigenvalue weighted by Crippen LogP contribution is -2.16. The van der Waals surface area contributed by atoms with Crippen molar-refractivity contribution in [2.75, 3.05) is 10.7 Å². The zero-order chi connectivity index (χ0) is 15.6. The highest BCUT2D eigenvalue weighted by molar-refractivity contribution is 9.10. The molecule has 0 saturated heterocycles. The summed E-state index contributed by atoms with van der Waals surface area (Å²) in [6.07, 6.45) is -4.69. The van der Waals surface area contributed by atoms with Crippen molar-refractivity contribution in [3.05, 3.63) is 39.6 Å². The molecule has 4 N–H and O–H groups in total. The highest BCUT2D eigenvalue weighted by Crippen LogP contribution is 2.33. The van der Waals surface area contributed by atoms with Gasteiger partial charge in [0.05, 0.1) is 15.2 Å². The van der Waals surface area contributed by atoms with Crippen molar-refractivity contribution in [2.24, 2.45) is 5.84 Å². The number of halogens is 5. The predicted octanol–water partition coefficient (Wildman–Crippen LogP) is 3.94. The van der Waals surface area contributed by atoms with Crippen LogP contribution in [0.4, 0.5) is 30.5 Å². The summed E-state index contributed by atoms with van der Waals surface area (Å²) in [5.41, 5.74) is 2.52. The van der Waals surface area contributed by atoms with Gasteiger partial charge >= 0.3 is 6.18 Å². The summed E-state index contributed by atoms with van der Waals surface area (Å²) >= 11 is 9.14. The lowest BCUT2D eigenvalue weighted by Gasteiger charge is -2.12. The molecule has 2 aromatic rings. The molecule has 0 spiro atoms. The Balaban J connectivity index is 2.42. The Morgan fingerprint density at radius 1 is 1.19 bits per heavy atom. The first-order valence-corrected chi connectivity index (χ1v) is 6.62. The van der Waals surface area contributed by atoms with Crippen LogP contribution in [0.15, 0.2) is 28.7 Å². The Bertz CT molecular complexity index is 665. The van der Waals surface area contributed by atoms with Crippen LogP contribution in [-0.4, -0.2) is 9.97 Å². The van der Waals surface area contributed by atoms with E-state index in [9.17, 15) is 13.2 Å². The lowest BCUT2D eigenvalue weighted by molar-refractivity contribution is -0.144. The third-order valence-corrected chi connectivity index (χ3v) is 3.74. The molecule has 0 atom stereocenters. The number of hydrogen-bond acceptors (Lipinski definition) is 5. The molecule has 0 unspecified atom stereocenters. The van der Waals surface area contributed by atoms with Crippen LogP contribution in [-0.2, 0) is 6.18 Å². The number of hydrogen-bond donors (Lipinski definition) is 3. The van der Waals surface area contributed by atoms with E-state index in [1.807, 2.05) is 0 Å². The summed E-state index contributed by atoms with van der Waals surface area (Å²) in [5, 5.41) is 3.13. The minimum absolute atomic E-state index is 0.0757. The number of anilines is 3. The number of hydrazine groups is 1. The van der Waals surface area contributed by atoms with Crippen molar-refractivity contribution in [2.45, 2.75) is 6.18 Å². The molecule has 0 aliphatic carbocycles. The van der Waals surface area contributed by atoms with E-state index < -0.39 is 12.0 Å². The van der Waals surface area contributed by atoms with Crippen LogP contribution in [0.2, 0.25) is 5.02 Å². The van der Waals surface area contributed by atoms with Gasteiger partial charge in [0.1, 0.15) is 11.6 Å². The van der Waals surface area contributed by atoms with Crippen LogP contribution in [0, 0.1) is 0 Å². The lowest BCUT2D eigenvalue weighted by atomic mass is 10.3. The minimum atomic E-state index is -4.69. The second-order valence-electron chi connectivity index (χ2n) is 3.83. The monoisotopic (exact) mass is 381 g/mol. The van der Waals surface area contributed by atoms with E-state index in [1.54, 1.807) is 18.2 Å². The van der Waals surface area contributed by atoms with Gasteiger partial charge in [0.25, 0.3) is 0 Å². The number of nitrogens with two attached hydrogens (primary N) is 1. The quantitative estimate of drug-likeness (QED) is 0.554. The van der Waals surface area contributed by atoms with E-state index >= 15 is 0 Å². The SMILES string of the molecule is NNc1cc(Nc2cccc(Cl)c2Br)nc(C(F)(F)F)n1. The maximum atomic E-state index is 12.7. The van der Waals surface area contributed by atoms with Crippen LogP contribution in [0.25, 0.3) is 0 Å². The van der Waals surface area contributed by atoms with Gasteiger partial charge in [0, 0.05) is 6.07 Å². The third kappa shape index (κ3) is 3.74. The molecule has 10 heteroatoms. The summed E-state index contributed by atoms with van der Waals surface area (Å²) in [6.45, 7) is 0. The van der Waals surface area contributed by atoms with Crippen molar-refractivity contribution in [3.8, 4) is 0 Å². The average molecular weight is 383 g/mol. The van der Waals surface area contributed by atoms with Gasteiger partial charge in [-0.1, -0.05) is 17.7 Å². The first kappa shape index (κ1) is 15.8. The van der Waals surface area contributed by atoms with Crippen molar-refractivity contribution in [1.29, 1.82) is 0 Å². The summed E-state index contributed by atoms with van der Waals surface area (Å²) in [7, 11) is 0. The first-order chi connectivity index (χ1) is 9.81. The highest BCUT2D eigenvalue weighted by Gasteiger charge is 2.35. The third-order valence-electron chi connectivity index (χ3n) is 2.34. The molecular weight excluding hydrogens is 375 g/mol. The van der Waals surface area contributed by atoms with Crippen molar-refractivity contribution >= 4 is 44.9 Å². The van der Waals surface area contributed by atoms with E-state index in [-0.39, 0.29) is 11.6 Å². The zero-order valence-electron chi connectivity index (χ0n) is 10.2. The minimum Gasteiger partial charge on any atom is -0.339 e. The maximum absolute atomic E-state index is 12.7. The predicted molar refractivity (Wildman–Crippen MR) is 77.3 cm³/mol. The second kappa shape index (κ2) is 6.04. The van der Waals surface area contributed by atoms with Crippen molar-refractivity contribution < 1.29 is 13.2 Å². The van der Waals surface area contributed by atoms with E-state index in [4.69, 9.17) is 17.4 Å². The maximum Gasteiger partial charge on any atom is 0.451 e. The molecule has 0 amide bonds. The van der Waals surface area contributed by atoms with Crippen LogP contribution in [0.5, 0.6) is 0 Å². The van der Waals surface area contributed by atoms with Crippen molar-refractivity contribution in [3.63, 3.8) is 0 Å². The number of nitrogen functional groups attached to an aromatic ring is 1. The van der Waals surface area contributed by atoms with E-state index in [1.165, 1.54) is 6.07 Å². The Hall–Kier alpha value is -1.58. The molecule has 1 aromatic heterocycles. The smallest absolute Gasteiger partial charge is 0.339 e. The van der Waals surface area contributed by atoms with Gasteiger partial charge in [-0.25, -0.2) is 15.8 Å². The van der Waals surface area contributed by atoms with Crippen LogP contribution in [0.1, 0.15) is 5.82 Å². The molecule has 0 bridgehead atoms. The molecule has 0 radical (unpaired) electrons. The van der Waals surface area contributed by atoms with Gasteiger partial charge < -0.3 is 10.7 Å². The second-order valence-corrected chi connectivity index (χ2v) is 5.03. The number of nitrogens with one attached hydrogen (secondary N) is 2. The van der Waals surface area contributed by atoms with Gasteiger partial charge in [0.15, 0.2) is 0 Å². The molecule has 1 aromatic carbocycles. The molecule has 5 nitrogen and oxygen atoms in total. The first-order valence-electron chi connectivity index (χ1n) is 5.45. The number of nitrogens with zero attached hydrogens (tertiary/aromatic N) is 2. The summed E-state index contributed by atoms with van der Waals surface area (Å²) < 4.78 is 38.6. The largest absolute Gasteiger partial charge is 0.451 e. The summed E-state index contributed by atoms with van der Waals surface area (Å²) in [4.78, 5) is 6.67. The summed E-state index contributed by atoms with van der Waals surface area (Å²) in [5.74, 6) is 3.56. The van der Waals surface area contributed by atoms with Crippen molar-refractivity contribution in [1.82, 2.24) is 9.97 Å². The standard InChI is InChI=1S/C11H8BrClF3N5/c12-9-5(13)2-1-3-6(9)18-7-4-8(21-17)20-10(19-7)11(14,15)16/h1-4H,17H2,(H2,18,19,20,21). The van der Waals surface area contributed by atoms with Crippen LogP contribution >= 0.6 is 27.5 Å². The fourth-order valence-corrected chi connectivity index (χ4v) is 1.99. The Labute approximate surface area is 130 Å². The van der Waals surface area contributed by atoms with E-state index in [2.05, 4.69) is 36.6 Å². The van der Waals surface area contributed by atoms with Gasteiger partial charge in [-0.05, 0) is 28.1 Å². The molecule has 2 rings (SSSR count).